The van der Waals surface area contributed by atoms with Crippen LogP contribution in [-0.4, -0.2) is 23.9 Å². The molecule has 0 unspecified atom stereocenters. The van der Waals surface area contributed by atoms with E-state index in [0.29, 0.717) is 11.3 Å². The molecular weight excluding hydrogens is 186 g/mol. The molecule has 2 fully saturated rings. The summed E-state index contributed by atoms with van der Waals surface area (Å²) in [7, 11) is 0. The van der Waals surface area contributed by atoms with Crippen LogP contribution in [0.15, 0.2) is 0 Å². The van der Waals surface area contributed by atoms with Crippen LogP contribution in [0.1, 0.15) is 52.4 Å². The summed E-state index contributed by atoms with van der Waals surface area (Å²) in [4.78, 5) is 14.0. The lowest BCUT2D eigenvalue weighted by molar-refractivity contribution is -0.137. The molecule has 1 aliphatic carbocycles. The average Bonchev–Trinajstić information content (AvgIpc) is 2.16. The first-order valence-electron chi connectivity index (χ1n) is 6.43. The predicted octanol–water partition coefficient (Wildman–Crippen LogP) is 2.83. The molecule has 0 bridgehead atoms. The van der Waals surface area contributed by atoms with Crippen molar-refractivity contribution in [3.8, 4) is 0 Å². The van der Waals surface area contributed by atoms with E-state index >= 15 is 0 Å². The molecule has 2 aliphatic rings. The van der Waals surface area contributed by atoms with Crippen molar-refractivity contribution in [3.05, 3.63) is 0 Å². The van der Waals surface area contributed by atoms with Crippen molar-refractivity contribution in [3.63, 3.8) is 0 Å². The third-order valence-corrected chi connectivity index (χ3v) is 4.04. The van der Waals surface area contributed by atoms with E-state index < -0.39 is 0 Å². The highest BCUT2D eigenvalue weighted by molar-refractivity contribution is 5.76. The minimum Gasteiger partial charge on any atom is -0.342 e. The third kappa shape index (κ3) is 2.19. The number of piperidine rings is 1. The maximum absolute atomic E-state index is 11.8. The molecule has 0 radical (unpaired) electrons. The second-order valence-corrected chi connectivity index (χ2v) is 5.68. The Balaban J connectivity index is 1.90. The van der Waals surface area contributed by atoms with Gasteiger partial charge in [-0.05, 0) is 43.4 Å². The molecule has 86 valence electrons. The standard InChI is InChI=1S/C13H23NO/c1-3-5-12(15)14-7-4-6-13(10-14)8-11(2)9-13/h11H,3-10H2,1-2H3. The molecule has 2 heteroatoms. The van der Waals surface area contributed by atoms with Gasteiger partial charge in [0, 0.05) is 19.5 Å². The van der Waals surface area contributed by atoms with Gasteiger partial charge in [0.2, 0.25) is 5.91 Å². The normalized spacial score (nSPS) is 35.3. The molecule has 1 aliphatic heterocycles. The van der Waals surface area contributed by atoms with E-state index in [9.17, 15) is 4.79 Å². The SMILES string of the molecule is CCCC(=O)N1CCCC2(CC(C)C2)C1. The molecule has 0 atom stereocenters. The summed E-state index contributed by atoms with van der Waals surface area (Å²) in [6.45, 7) is 6.48. The minimum absolute atomic E-state index is 0.385. The number of nitrogens with zero attached hydrogens (tertiary/aromatic N) is 1. The van der Waals surface area contributed by atoms with E-state index in [4.69, 9.17) is 0 Å². The average molecular weight is 209 g/mol. The van der Waals surface area contributed by atoms with Crippen molar-refractivity contribution in [2.75, 3.05) is 13.1 Å². The Hall–Kier alpha value is -0.530. The lowest BCUT2D eigenvalue weighted by Gasteiger charge is -2.52. The zero-order chi connectivity index (χ0) is 10.9. The molecule has 2 nitrogen and oxygen atoms in total. The Morgan fingerprint density at radius 1 is 1.47 bits per heavy atom. The van der Waals surface area contributed by atoms with E-state index in [0.717, 1.165) is 31.8 Å². The third-order valence-electron chi connectivity index (χ3n) is 4.04. The van der Waals surface area contributed by atoms with Crippen LogP contribution in [0.4, 0.5) is 0 Å². The Morgan fingerprint density at radius 3 is 2.80 bits per heavy atom. The largest absolute Gasteiger partial charge is 0.342 e. The van der Waals surface area contributed by atoms with Gasteiger partial charge in [-0.25, -0.2) is 0 Å². The van der Waals surface area contributed by atoms with Crippen LogP contribution in [0.5, 0.6) is 0 Å². The van der Waals surface area contributed by atoms with E-state index in [1.165, 1.54) is 25.7 Å². The molecule has 0 aromatic rings. The highest BCUT2D eigenvalue weighted by Gasteiger charge is 2.45. The van der Waals surface area contributed by atoms with Gasteiger partial charge in [0.25, 0.3) is 0 Å². The highest BCUT2D eigenvalue weighted by atomic mass is 16.2. The van der Waals surface area contributed by atoms with Crippen LogP contribution in [-0.2, 0) is 4.79 Å². The fourth-order valence-corrected chi connectivity index (χ4v) is 3.54. The second kappa shape index (κ2) is 4.15. The van der Waals surface area contributed by atoms with Gasteiger partial charge in [0.15, 0.2) is 0 Å². The van der Waals surface area contributed by atoms with Crippen molar-refractivity contribution in [1.82, 2.24) is 4.90 Å². The number of rotatable bonds is 2. The van der Waals surface area contributed by atoms with Gasteiger partial charge in [-0.2, -0.15) is 0 Å². The summed E-state index contributed by atoms with van der Waals surface area (Å²) in [6.07, 6.45) is 7.01. The fraction of sp³-hybridized carbons (Fsp3) is 0.923. The maximum Gasteiger partial charge on any atom is 0.222 e. The van der Waals surface area contributed by atoms with E-state index in [-0.39, 0.29) is 0 Å². The van der Waals surface area contributed by atoms with Crippen molar-refractivity contribution in [2.24, 2.45) is 11.3 Å². The Kier molecular flexibility index (Phi) is 3.03. The number of carbonyl (C=O) groups excluding carboxylic acids is 1. The second-order valence-electron chi connectivity index (χ2n) is 5.68. The van der Waals surface area contributed by atoms with Crippen molar-refractivity contribution < 1.29 is 4.79 Å². The molecular formula is C13H23NO. The predicted molar refractivity (Wildman–Crippen MR) is 61.6 cm³/mol. The summed E-state index contributed by atoms with van der Waals surface area (Å²) in [5, 5.41) is 0. The quantitative estimate of drug-likeness (QED) is 0.685. The lowest BCUT2D eigenvalue weighted by atomic mass is 9.59. The van der Waals surface area contributed by atoms with Crippen LogP contribution >= 0.6 is 0 Å². The van der Waals surface area contributed by atoms with E-state index in [1.54, 1.807) is 0 Å². The molecule has 1 saturated carbocycles. The summed E-state index contributed by atoms with van der Waals surface area (Å²) in [5.41, 5.74) is 0.529. The highest BCUT2D eigenvalue weighted by Crippen LogP contribution is 2.50. The number of hydrogen-bond donors (Lipinski definition) is 0. The molecule has 0 N–H and O–H groups in total. The topological polar surface area (TPSA) is 20.3 Å². The first-order chi connectivity index (χ1) is 7.15. The van der Waals surface area contributed by atoms with Crippen LogP contribution in [0.25, 0.3) is 0 Å². The molecule has 1 heterocycles. The Bertz CT molecular complexity index is 237. The van der Waals surface area contributed by atoms with Gasteiger partial charge in [-0.15, -0.1) is 0 Å². The van der Waals surface area contributed by atoms with E-state index in [1.807, 2.05) is 0 Å². The van der Waals surface area contributed by atoms with Gasteiger partial charge in [-0.3, -0.25) is 4.79 Å². The number of likely N-dealkylation sites (tertiary alicyclic amines) is 1. The number of carbonyl (C=O) groups is 1. The Labute approximate surface area is 93.0 Å². The molecule has 1 amide bonds. The summed E-state index contributed by atoms with van der Waals surface area (Å²) < 4.78 is 0. The smallest absolute Gasteiger partial charge is 0.222 e. The molecule has 15 heavy (non-hydrogen) atoms. The zero-order valence-electron chi connectivity index (χ0n) is 10.1. The van der Waals surface area contributed by atoms with Gasteiger partial charge >= 0.3 is 0 Å². The van der Waals surface area contributed by atoms with Gasteiger partial charge in [0.1, 0.15) is 0 Å². The van der Waals surface area contributed by atoms with Gasteiger partial charge < -0.3 is 4.90 Å². The fourth-order valence-electron chi connectivity index (χ4n) is 3.54. The van der Waals surface area contributed by atoms with Crippen LogP contribution < -0.4 is 0 Å². The maximum atomic E-state index is 11.8. The van der Waals surface area contributed by atoms with Crippen LogP contribution in [0.3, 0.4) is 0 Å². The van der Waals surface area contributed by atoms with Crippen molar-refractivity contribution in [2.45, 2.75) is 52.4 Å². The zero-order valence-corrected chi connectivity index (χ0v) is 10.1. The molecule has 0 aromatic heterocycles. The van der Waals surface area contributed by atoms with Gasteiger partial charge in [-0.1, -0.05) is 13.8 Å². The first kappa shape index (κ1) is 11.0. The van der Waals surface area contributed by atoms with Crippen LogP contribution in [0.2, 0.25) is 0 Å². The monoisotopic (exact) mass is 209 g/mol. The molecule has 1 saturated heterocycles. The number of amides is 1. The van der Waals surface area contributed by atoms with Gasteiger partial charge in [0.05, 0.1) is 0 Å². The van der Waals surface area contributed by atoms with Crippen molar-refractivity contribution in [1.29, 1.82) is 0 Å². The van der Waals surface area contributed by atoms with Crippen LogP contribution in [0, 0.1) is 11.3 Å². The summed E-state index contributed by atoms with van der Waals surface area (Å²) in [6, 6.07) is 0. The summed E-state index contributed by atoms with van der Waals surface area (Å²) in [5.74, 6) is 1.28. The molecule has 1 spiro atoms. The summed E-state index contributed by atoms with van der Waals surface area (Å²) >= 11 is 0. The number of hydrogen-bond acceptors (Lipinski definition) is 1. The Morgan fingerprint density at radius 2 is 2.20 bits per heavy atom. The molecule has 2 rings (SSSR count). The molecule has 0 aromatic carbocycles. The van der Waals surface area contributed by atoms with E-state index in [2.05, 4.69) is 18.7 Å². The van der Waals surface area contributed by atoms with Crippen molar-refractivity contribution >= 4 is 5.91 Å². The minimum atomic E-state index is 0.385. The first-order valence-corrected chi connectivity index (χ1v) is 6.43. The lowest BCUT2D eigenvalue weighted by Crippen LogP contribution is -2.51.